The van der Waals surface area contributed by atoms with Crippen LogP contribution in [0.3, 0.4) is 0 Å². The number of imide groups is 1. The van der Waals surface area contributed by atoms with Gasteiger partial charge in [-0.3, -0.25) is 19.7 Å². The first-order valence-electron chi connectivity index (χ1n) is 10.9. The minimum Gasteiger partial charge on any atom is -0.367 e. The van der Waals surface area contributed by atoms with E-state index in [9.17, 15) is 14.4 Å². The second-order valence-corrected chi connectivity index (χ2v) is 8.58. The van der Waals surface area contributed by atoms with E-state index in [0.29, 0.717) is 25.1 Å². The highest BCUT2D eigenvalue weighted by Crippen LogP contribution is 2.32. The number of nitrogens with zero attached hydrogens (tertiary/aromatic N) is 2. The zero-order valence-corrected chi connectivity index (χ0v) is 17.4. The highest BCUT2D eigenvalue weighted by molar-refractivity contribution is 6.05. The summed E-state index contributed by atoms with van der Waals surface area (Å²) in [6.07, 6.45) is 2.80. The highest BCUT2D eigenvalue weighted by Gasteiger charge is 2.39. The number of hydrogen-bond donors (Lipinski definition) is 2. The molecule has 0 bridgehead atoms. The quantitative estimate of drug-likeness (QED) is 0.739. The Morgan fingerprint density at radius 3 is 2.65 bits per heavy atom. The van der Waals surface area contributed by atoms with E-state index < -0.39 is 6.04 Å². The molecule has 31 heavy (non-hydrogen) atoms. The number of carbonyl (C=O) groups excluding carboxylic acids is 3. The Morgan fingerprint density at radius 1 is 1.00 bits per heavy atom. The number of fused-ring (bicyclic) bond motifs is 2. The molecule has 2 aromatic rings. The third-order valence-electron chi connectivity index (χ3n) is 6.56. The van der Waals surface area contributed by atoms with Crippen molar-refractivity contribution in [1.82, 2.24) is 10.2 Å². The fraction of sp³-hybridized carbons (Fsp3) is 0.375. The van der Waals surface area contributed by atoms with Crippen LogP contribution in [0.5, 0.6) is 0 Å². The van der Waals surface area contributed by atoms with E-state index in [1.807, 2.05) is 12.1 Å². The first kappa shape index (κ1) is 19.8. The molecule has 3 N–H and O–H groups in total. The summed E-state index contributed by atoms with van der Waals surface area (Å²) in [6.45, 7) is 2.66. The number of benzene rings is 2. The molecular weight excluding hydrogens is 392 g/mol. The van der Waals surface area contributed by atoms with E-state index in [1.54, 1.807) is 4.90 Å². The van der Waals surface area contributed by atoms with Gasteiger partial charge in [-0.2, -0.15) is 0 Å². The van der Waals surface area contributed by atoms with Gasteiger partial charge in [-0.1, -0.05) is 24.3 Å². The van der Waals surface area contributed by atoms with E-state index in [0.717, 1.165) is 42.6 Å². The zero-order valence-electron chi connectivity index (χ0n) is 17.4. The van der Waals surface area contributed by atoms with Gasteiger partial charge in [0.15, 0.2) is 0 Å². The molecule has 2 aromatic carbocycles. The molecule has 3 heterocycles. The van der Waals surface area contributed by atoms with Crippen molar-refractivity contribution in [1.29, 1.82) is 0 Å². The number of anilines is 1. The standard InChI is InChI=1S/C24H26N4O3/c25-12-15-4-6-20-17(10-15)2-1-9-27(20)13-16-3-5-18-14-28(24(31)19(18)11-16)21-7-8-22(29)26-23(21)30/h3-6,10-11,21H,1-2,7-9,12-14,25H2,(H,26,29,30). The van der Waals surface area contributed by atoms with Crippen molar-refractivity contribution in [3.63, 3.8) is 0 Å². The summed E-state index contributed by atoms with van der Waals surface area (Å²) < 4.78 is 0. The number of aryl methyl sites for hydroxylation is 1. The first-order valence-corrected chi connectivity index (χ1v) is 10.9. The summed E-state index contributed by atoms with van der Waals surface area (Å²) in [6, 6.07) is 11.9. The van der Waals surface area contributed by atoms with Crippen LogP contribution in [0, 0.1) is 0 Å². The van der Waals surface area contributed by atoms with E-state index in [2.05, 4.69) is 34.5 Å². The van der Waals surface area contributed by atoms with Crippen LogP contribution >= 0.6 is 0 Å². The van der Waals surface area contributed by atoms with Crippen molar-refractivity contribution in [2.45, 2.75) is 51.4 Å². The minimum atomic E-state index is -0.577. The van der Waals surface area contributed by atoms with Gasteiger partial charge < -0.3 is 15.5 Å². The minimum absolute atomic E-state index is 0.127. The lowest BCUT2D eigenvalue weighted by atomic mass is 9.98. The summed E-state index contributed by atoms with van der Waals surface area (Å²) in [5, 5.41) is 2.35. The lowest BCUT2D eigenvalue weighted by molar-refractivity contribution is -0.136. The molecule has 3 aliphatic rings. The zero-order chi connectivity index (χ0) is 21.5. The van der Waals surface area contributed by atoms with Gasteiger partial charge in [0.05, 0.1) is 0 Å². The summed E-state index contributed by atoms with van der Waals surface area (Å²) in [7, 11) is 0. The Labute approximate surface area is 181 Å². The van der Waals surface area contributed by atoms with Crippen LogP contribution < -0.4 is 16.0 Å². The summed E-state index contributed by atoms with van der Waals surface area (Å²) in [5.41, 5.74) is 12.2. The van der Waals surface area contributed by atoms with Crippen LogP contribution in [0.2, 0.25) is 0 Å². The number of hydrogen-bond acceptors (Lipinski definition) is 5. The topological polar surface area (TPSA) is 95.7 Å². The Balaban J connectivity index is 1.35. The maximum Gasteiger partial charge on any atom is 0.255 e. The summed E-state index contributed by atoms with van der Waals surface area (Å²) >= 11 is 0. The van der Waals surface area contributed by atoms with Gasteiger partial charge in [0.1, 0.15) is 6.04 Å². The van der Waals surface area contributed by atoms with Gasteiger partial charge in [-0.05, 0) is 53.6 Å². The van der Waals surface area contributed by atoms with Crippen molar-refractivity contribution >= 4 is 23.4 Å². The van der Waals surface area contributed by atoms with Crippen LogP contribution in [0.4, 0.5) is 5.69 Å². The van der Waals surface area contributed by atoms with E-state index in [-0.39, 0.29) is 24.1 Å². The van der Waals surface area contributed by atoms with Crippen molar-refractivity contribution in [3.8, 4) is 0 Å². The Bertz CT molecular complexity index is 1080. The number of piperidine rings is 1. The van der Waals surface area contributed by atoms with E-state index in [1.165, 1.54) is 11.3 Å². The summed E-state index contributed by atoms with van der Waals surface area (Å²) in [4.78, 5) is 40.7. The monoisotopic (exact) mass is 418 g/mol. The molecule has 160 valence electrons. The average Bonchev–Trinajstić information content (AvgIpc) is 3.09. The molecule has 7 nitrogen and oxygen atoms in total. The lowest BCUT2D eigenvalue weighted by Gasteiger charge is -2.32. The van der Waals surface area contributed by atoms with Gasteiger partial charge in [0.2, 0.25) is 11.8 Å². The smallest absolute Gasteiger partial charge is 0.255 e. The van der Waals surface area contributed by atoms with Gasteiger partial charge in [0, 0.05) is 43.9 Å². The predicted molar refractivity (Wildman–Crippen MR) is 116 cm³/mol. The van der Waals surface area contributed by atoms with Gasteiger partial charge in [-0.25, -0.2) is 0 Å². The van der Waals surface area contributed by atoms with Gasteiger partial charge in [-0.15, -0.1) is 0 Å². The maximum absolute atomic E-state index is 13.1. The Morgan fingerprint density at radius 2 is 1.84 bits per heavy atom. The second-order valence-electron chi connectivity index (χ2n) is 8.58. The van der Waals surface area contributed by atoms with E-state index in [4.69, 9.17) is 5.73 Å². The largest absolute Gasteiger partial charge is 0.367 e. The molecule has 0 spiro atoms. The number of nitrogens with one attached hydrogen (secondary N) is 1. The van der Waals surface area contributed by atoms with E-state index >= 15 is 0 Å². The Hall–Kier alpha value is -3.19. The molecular formula is C24H26N4O3. The van der Waals surface area contributed by atoms with Crippen molar-refractivity contribution in [2.75, 3.05) is 11.4 Å². The molecule has 0 radical (unpaired) electrons. The SMILES string of the molecule is NCc1ccc2c(c1)CCCN2Cc1ccc2c(c1)C(=O)N(C1CCC(=O)NC1=O)C2. The van der Waals surface area contributed by atoms with Crippen LogP contribution in [0.1, 0.15) is 51.9 Å². The molecule has 1 fully saturated rings. The summed E-state index contributed by atoms with van der Waals surface area (Å²) in [5.74, 6) is -0.773. The molecule has 0 saturated carbocycles. The molecule has 1 atom stereocenters. The molecule has 5 rings (SSSR count). The van der Waals surface area contributed by atoms with Gasteiger partial charge >= 0.3 is 0 Å². The van der Waals surface area contributed by atoms with Crippen LogP contribution in [0.15, 0.2) is 36.4 Å². The third-order valence-corrected chi connectivity index (χ3v) is 6.56. The number of amides is 3. The molecule has 1 unspecified atom stereocenters. The Kier molecular flexibility index (Phi) is 4.98. The lowest BCUT2D eigenvalue weighted by Crippen LogP contribution is -2.52. The van der Waals surface area contributed by atoms with Crippen molar-refractivity contribution in [2.24, 2.45) is 5.73 Å². The highest BCUT2D eigenvalue weighted by atomic mass is 16.2. The van der Waals surface area contributed by atoms with Gasteiger partial charge in [0.25, 0.3) is 5.91 Å². The van der Waals surface area contributed by atoms with Crippen molar-refractivity contribution in [3.05, 3.63) is 64.2 Å². The first-order chi connectivity index (χ1) is 15.0. The van der Waals surface area contributed by atoms with Crippen LogP contribution in [0.25, 0.3) is 0 Å². The third kappa shape index (κ3) is 3.59. The molecule has 3 amide bonds. The molecule has 3 aliphatic heterocycles. The maximum atomic E-state index is 13.1. The average molecular weight is 418 g/mol. The van der Waals surface area contributed by atoms with Crippen LogP contribution in [-0.4, -0.2) is 35.2 Å². The van der Waals surface area contributed by atoms with Crippen molar-refractivity contribution < 1.29 is 14.4 Å². The second kappa shape index (κ2) is 7.81. The number of rotatable bonds is 4. The fourth-order valence-corrected chi connectivity index (χ4v) is 4.94. The van der Waals surface area contributed by atoms with Crippen LogP contribution in [-0.2, 0) is 35.6 Å². The fourth-order valence-electron chi connectivity index (χ4n) is 4.94. The number of carbonyl (C=O) groups is 3. The molecule has 1 saturated heterocycles. The molecule has 0 aromatic heterocycles. The number of nitrogens with two attached hydrogens (primary N) is 1. The molecule has 7 heteroatoms. The molecule has 0 aliphatic carbocycles. The predicted octanol–water partition coefficient (Wildman–Crippen LogP) is 1.86. The normalized spacial score (nSPS) is 20.5.